The number of amides is 1. The quantitative estimate of drug-likeness (QED) is 0.734. The highest BCUT2D eigenvalue weighted by atomic mass is 32.2. The maximum absolute atomic E-state index is 12.5. The number of nitriles is 1. The first-order valence-corrected chi connectivity index (χ1v) is 10.8. The largest absolute Gasteiger partial charge is 0.327 e. The van der Waals surface area contributed by atoms with Gasteiger partial charge in [0.25, 0.3) is 0 Å². The van der Waals surface area contributed by atoms with Crippen LogP contribution in [-0.4, -0.2) is 21.2 Å². The molecule has 5 nitrogen and oxygen atoms in total. The zero-order chi connectivity index (χ0) is 18.7. The molecule has 0 unspecified atom stereocenters. The van der Waals surface area contributed by atoms with Crippen LogP contribution in [0.15, 0.2) is 9.72 Å². The highest BCUT2D eigenvalue weighted by molar-refractivity contribution is 8.01. The van der Waals surface area contributed by atoms with Gasteiger partial charge in [0.1, 0.15) is 11.9 Å². The molecule has 2 aromatic heterocycles. The van der Waals surface area contributed by atoms with Crippen LogP contribution in [0.5, 0.6) is 0 Å². The van der Waals surface area contributed by atoms with Gasteiger partial charge < -0.3 is 9.88 Å². The lowest BCUT2D eigenvalue weighted by atomic mass is 9.95. The predicted octanol–water partition coefficient (Wildman–Crippen LogP) is 4.98. The number of aryl methyl sites for hydroxylation is 1. The summed E-state index contributed by atoms with van der Waals surface area (Å²) in [5.74, 6) is 0.885. The van der Waals surface area contributed by atoms with Gasteiger partial charge in [-0.3, -0.25) is 4.79 Å². The SMILES string of the molecule is Cc1csc(SCC(=O)Nc2c(C#N)c(C)c(C)n2C2CCCCC2)n1. The molecule has 0 saturated heterocycles. The third-order valence-corrected chi connectivity index (χ3v) is 7.13. The fraction of sp³-hybridized carbons (Fsp3) is 0.526. The highest BCUT2D eigenvalue weighted by Crippen LogP contribution is 2.37. The molecule has 2 aromatic rings. The van der Waals surface area contributed by atoms with E-state index in [-0.39, 0.29) is 5.91 Å². The van der Waals surface area contributed by atoms with Crippen molar-refractivity contribution < 1.29 is 4.79 Å². The zero-order valence-corrected chi connectivity index (χ0v) is 17.1. The number of anilines is 1. The number of thioether (sulfide) groups is 1. The van der Waals surface area contributed by atoms with E-state index in [0.29, 0.717) is 23.2 Å². The van der Waals surface area contributed by atoms with Crippen LogP contribution < -0.4 is 5.32 Å². The summed E-state index contributed by atoms with van der Waals surface area (Å²) in [5.41, 5.74) is 3.63. The molecule has 0 atom stereocenters. The van der Waals surface area contributed by atoms with E-state index in [9.17, 15) is 10.1 Å². The molecule has 1 aliphatic carbocycles. The molecule has 0 aromatic carbocycles. The van der Waals surface area contributed by atoms with Crippen LogP contribution in [0, 0.1) is 32.1 Å². The molecule has 7 heteroatoms. The molecule has 1 fully saturated rings. The Labute approximate surface area is 162 Å². The van der Waals surface area contributed by atoms with Crippen molar-refractivity contribution in [3.63, 3.8) is 0 Å². The molecule has 0 spiro atoms. The molecule has 1 saturated carbocycles. The van der Waals surface area contributed by atoms with Crippen molar-refractivity contribution in [1.29, 1.82) is 5.26 Å². The Hall–Kier alpha value is -1.78. The molecule has 3 rings (SSSR count). The normalized spacial score (nSPS) is 15.0. The minimum absolute atomic E-state index is 0.0890. The van der Waals surface area contributed by atoms with Gasteiger partial charge in [-0.1, -0.05) is 31.0 Å². The number of nitrogens with one attached hydrogen (secondary N) is 1. The van der Waals surface area contributed by atoms with Gasteiger partial charge in [0.15, 0.2) is 4.34 Å². The summed E-state index contributed by atoms with van der Waals surface area (Å²) in [5, 5.41) is 14.6. The summed E-state index contributed by atoms with van der Waals surface area (Å²) in [6, 6.07) is 2.66. The summed E-state index contributed by atoms with van der Waals surface area (Å²) < 4.78 is 3.09. The van der Waals surface area contributed by atoms with E-state index in [0.717, 1.165) is 34.1 Å². The average molecular weight is 389 g/mol. The van der Waals surface area contributed by atoms with Crippen molar-refractivity contribution in [3.05, 3.63) is 27.9 Å². The maximum Gasteiger partial charge on any atom is 0.235 e. The molecule has 1 aliphatic rings. The van der Waals surface area contributed by atoms with Crippen molar-refractivity contribution in [3.8, 4) is 6.07 Å². The Balaban J connectivity index is 1.80. The van der Waals surface area contributed by atoms with E-state index in [1.165, 1.54) is 31.0 Å². The van der Waals surface area contributed by atoms with E-state index >= 15 is 0 Å². The zero-order valence-electron chi connectivity index (χ0n) is 15.5. The van der Waals surface area contributed by atoms with E-state index in [1.807, 2.05) is 26.2 Å². The van der Waals surface area contributed by atoms with Crippen LogP contribution in [0.3, 0.4) is 0 Å². The van der Waals surface area contributed by atoms with E-state index in [2.05, 4.69) is 20.9 Å². The fourth-order valence-corrected chi connectivity index (χ4v) is 5.23. The number of aromatic nitrogens is 2. The number of carbonyl (C=O) groups excluding carboxylic acids is 1. The lowest BCUT2D eigenvalue weighted by molar-refractivity contribution is -0.113. The van der Waals surface area contributed by atoms with Gasteiger partial charge in [0.2, 0.25) is 5.91 Å². The van der Waals surface area contributed by atoms with Crippen LogP contribution in [0.25, 0.3) is 0 Å². The van der Waals surface area contributed by atoms with Crippen molar-refractivity contribution in [2.45, 2.75) is 63.3 Å². The van der Waals surface area contributed by atoms with Gasteiger partial charge in [0, 0.05) is 22.8 Å². The summed E-state index contributed by atoms with van der Waals surface area (Å²) in [7, 11) is 0. The summed E-state index contributed by atoms with van der Waals surface area (Å²) in [4.78, 5) is 16.9. The van der Waals surface area contributed by atoms with Crippen LogP contribution in [0.2, 0.25) is 0 Å². The Morgan fingerprint density at radius 1 is 1.38 bits per heavy atom. The smallest absolute Gasteiger partial charge is 0.235 e. The molecule has 1 N–H and O–H groups in total. The summed E-state index contributed by atoms with van der Waals surface area (Å²) in [6.45, 7) is 5.96. The molecule has 1 amide bonds. The predicted molar refractivity (Wildman–Crippen MR) is 107 cm³/mol. The summed E-state index contributed by atoms with van der Waals surface area (Å²) >= 11 is 2.99. The molecule has 0 radical (unpaired) electrons. The number of nitrogens with zero attached hydrogens (tertiary/aromatic N) is 3. The Morgan fingerprint density at radius 2 is 2.12 bits per heavy atom. The van der Waals surface area contributed by atoms with Crippen molar-refractivity contribution in [2.24, 2.45) is 0 Å². The monoisotopic (exact) mass is 388 g/mol. The third kappa shape index (κ3) is 3.97. The second-order valence-corrected chi connectivity index (χ2v) is 8.88. The van der Waals surface area contributed by atoms with E-state index < -0.39 is 0 Å². The number of hydrogen-bond acceptors (Lipinski definition) is 5. The van der Waals surface area contributed by atoms with E-state index in [1.54, 1.807) is 11.3 Å². The van der Waals surface area contributed by atoms with Gasteiger partial charge in [-0.25, -0.2) is 4.98 Å². The van der Waals surface area contributed by atoms with Crippen LogP contribution in [0.4, 0.5) is 5.82 Å². The van der Waals surface area contributed by atoms with Gasteiger partial charge in [-0.2, -0.15) is 5.26 Å². The van der Waals surface area contributed by atoms with E-state index in [4.69, 9.17) is 0 Å². The number of thiazole rings is 1. The highest BCUT2D eigenvalue weighted by Gasteiger charge is 2.25. The van der Waals surface area contributed by atoms with Crippen LogP contribution in [0.1, 0.15) is 60.7 Å². The second-order valence-electron chi connectivity index (χ2n) is 6.80. The first kappa shape index (κ1) is 19.0. The summed E-state index contributed by atoms with van der Waals surface area (Å²) in [6.07, 6.45) is 5.89. The first-order valence-electron chi connectivity index (χ1n) is 8.97. The Morgan fingerprint density at radius 3 is 2.73 bits per heavy atom. The molecule has 26 heavy (non-hydrogen) atoms. The number of hydrogen-bond donors (Lipinski definition) is 1. The minimum Gasteiger partial charge on any atom is -0.327 e. The van der Waals surface area contributed by atoms with Gasteiger partial charge >= 0.3 is 0 Å². The van der Waals surface area contributed by atoms with Crippen LogP contribution >= 0.6 is 23.1 Å². The standard InChI is InChI=1S/C19H24N4OS2/c1-12-10-25-19(21-12)26-11-17(24)22-18-16(9-20)13(2)14(3)23(18)15-7-5-4-6-8-15/h10,15H,4-8,11H2,1-3H3,(H,22,24). The first-order chi connectivity index (χ1) is 12.5. The van der Waals surface area contributed by atoms with Crippen LogP contribution in [-0.2, 0) is 4.79 Å². The molecular formula is C19H24N4OS2. The molecular weight excluding hydrogens is 364 g/mol. The second kappa shape index (κ2) is 8.28. The Bertz CT molecular complexity index is 841. The Kier molecular flexibility index (Phi) is 6.05. The van der Waals surface area contributed by atoms with Gasteiger partial charge in [0.05, 0.1) is 11.3 Å². The van der Waals surface area contributed by atoms with Gasteiger partial charge in [-0.05, 0) is 39.2 Å². The average Bonchev–Trinajstić information content (AvgIpc) is 3.15. The lowest BCUT2D eigenvalue weighted by Gasteiger charge is -2.27. The molecule has 2 heterocycles. The van der Waals surface area contributed by atoms with Crippen molar-refractivity contribution in [1.82, 2.24) is 9.55 Å². The topological polar surface area (TPSA) is 70.7 Å². The maximum atomic E-state index is 12.5. The lowest BCUT2D eigenvalue weighted by Crippen LogP contribution is -2.21. The van der Waals surface area contributed by atoms with Gasteiger partial charge in [-0.15, -0.1) is 11.3 Å². The molecule has 0 bridgehead atoms. The fourth-order valence-electron chi connectivity index (χ4n) is 3.58. The molecule has 138 valence electrons. The van der Waals surface area contributed by atoms with Crippen molar-refractivity contribution in [2.75, 3.05) is 11.1 Å². The third-order valence-electron chi connectivity index (χ3n) is 4.99. The number of carbonyl (C=O) groups is 1. The minimum atomic E-state index is -0.0890. The van der Waals surface area contributed by atoms with Crippen molar-refractivity contribution >= 4 is 34.8 Å². The number of rotatable bonds is 5. The molecule has 0 aliphatic heterocycles.